The molecule has 0 bridgehead atoms. The number of H-pyrrole nitrogens is 1. The Balaban J connectivity index is 1.60. The number of nitrogens with one attached hydrogen (secondary N) is 1. The molecule has 0 aliphatic rings. The predicted molar refractivity (Wildman–Crippen MR) is 90.7 cm³/mol. The van der Waals surface area contributed by atoms with Crippen molar-refractivity contribution in [2.24, 2.45) is 7.05 Å². The molecule has 10 nitrogen and oxygen atoms in total. The molecule has 0 spiro atoms. The molecule has 0 unspecified atom stereocenters. The van der Waals surface area contributed by atoms with Gasteiger partial charge in [-0.05, 0) is 11.9 Å². The average Bonchev–Trinajstić information content (AvgIpc) is 3.21. The summed E-state index contributed by atoms with van der Waals surface area (Å²) < 4.78 is 3.30. The van der Waals surface area contributed by atoms with Crippen LogP contribution in [0.4, 0.5) is 5.82 Å². The van der Waals surface area contributed by atoms with Gasteiger partial charge in [-0.3, -0.25) is 4.79 Å². The summed E-state index contributed by atoms with van der Waals surface area (Å²) in [6.45, 7) is 0. The largest absolute Gasteiger partial charge is 0.347 e. The Morgan fingerprint density at radius 1 is 1.21 bits per heavy atom. The summed E-state index contributed by atoms with van der Waals surface area (Å²) in [5.74, 6) is 1.20. The maximum absolute atomic E-state index is 12.3. The smallest absolute Gasteiger partial charge is 0.289 e. The molecule has 0 saturated carbocycles. The highest BCUT2D eigenvalue weighted by atomic mass is 32.2. The van der Waals surface area contributed by atoms with Crippen molar-refractivity contribution >= 4 is 40.1 Å². The summed E-state index contributed by atoms with van der Waals surface area (Å²) in [4.78, 5) is 38.0. The molecule has 0 amide bonds. The first-order chi connectivity index (χ1) is 11.6. The monoisotopic (exact) mass is 343 g/mol. The summed E-state index contributed by atoms with van der Waals surface area (Å²) in [6, 6.07) is 0. The number of aromatic amines is 1. The number of imidazole rings is 2. The van der Waals surface area contributed by atoms with Gasteiger partial charge in [0.25, 0.3) is 5.56 Å². The minimum absolute atomic E-state index is 0.179. The van der Waals surface area contributed by atoms with Crippen LogP contribution in [0.25, 0.3) is 22.3 Å². The van der Waals surface area contributed by atoms with E-state index in [1.807, 2.05) is 23.6 Å². The third-order valence-corrected chi connectivity index (χ3v) is 4.59. The Morgan fingerprint density at radius 2 is 2.08 bits per heavy atom. The lowest BCUT2D eigenvalue weighted by Gasteiger charge is -2.17. The van der Waals surface area contributed by atoms with Crippen molar-refractivity contribution in [2.45, 2.75) is 0 Å². The Labute approximate surface area is 139 Å². The van der Waals surface area contributed by atoms with Crippen molar-refractivity contribution in [3.8, 4) is 0 Å². The van der Waals surface area contributed by atoms with Gasteiger partial charge in [-0.1, -0.05) is 0 Å². The first-order valence-corrected chi connectivity index (χ1v) is 7.96. The van der Waals surface area contributed by atoms with Gasteiger partial charge < -0.3 is 14.5 Å². The van der Waals surface area contributed by atoms with Gasteiger partial charge in [-0.15, -0.1) is 0 Å². The van der Waals surface area contributed by atoms with Crippen LogP contribution < -0.4 is 10.5 Å². The minimum Gasteiger partial charge on any atom is -0.347 e. The van der Waals surface area contributed by atoms with Gasteiger partial charge >= 0.3 is 0 Å². The van der Waals surface area contributed by atoms with Gasteiger partial charge in [-0.2, -0.15) is 0 Å². The highest BCUT2D eigenvalue weighted by molar-refractivity contribution is 7.97. The number of aryl methyl sites for hydroxylation is 1. The van der Waals surface area contributed by atoms with Gasteiger partial charge in [-0.25, -0.2) is 28.9 Å². The first kappa shape index (κ1) is 14.6. The van der Waals surface area contributed by atoms with Gasteiger partial charge in [0.1, 0.15) is 12.7 Å². The third kappa shape index (κ3) is 2.29. The third-order valence-electron chi connectivity index (χ3n) is 3.55. The summed E-state index contributed by atoms with van der Waals surface area (Å²) in [5.41, 5.74) is 2.10. The fourth-order valence-electron chi connectivity index (χ4n) is 2.33. The molecule has 4 aromatic heterocycles. The molecule has 0 radical (unpaired) electrons. The van der Waals surface area contributed by atoms with Gasteiger partial charge in [0.15, 0.2) is 28.1 Å². The van der Waals surface area contributed by atoms with Crippen molar-refractivity contribution < 1.29 is 0 Å². The number of rotatable bonds is 4. The maximum Gasteiger partial charge on any atom is 0.289 e. The SMILES string of the molecule is CN(CSn1cnc2nc[nH]c2c1=O)c1ncnc2c1ncn2C. The normalized spacial score (nSPS) is 11.4. The van der Waals surface area contributed by atoms with E-state index in [0.29, 0.717) is 22.9 Å². The zero-order chi connectivity index (χ0) is 16.7. The number of hydrogen-bond acceptors (Lipinski definition) is 8. The number of anilines is 1. The standard InChI is InChI=1S/C13H13N9OS/c1-20-5-18-9-11(20)16-4-17-12(9)21(2)7-24-22-6-19-10-8(13(22)23)14-3-15-10/h3-6H,7H2,1-2H3,(H,14,15). The van der Waals surface area contributed by atoms with Gasteiger partial charge in [0, 0.05) is 14.1 Å². The number of hydrogen-bond donors (Lipinski definition) is 1. The molecule has 0 atom stereocenters. The first-order valence-electron chi connectivity index (χ1n) is 7.02. The Kier molecular flexibility index (Phi) is 3.41. The van der Waals surface area contributed by atoms with E-state index in [1.54, 1.807) is 6.33 Å². The van der Waals surface area contributed by atoms with Crippen molar-refractivity contribution in [1.29, 1.82) is 0 Å². The molecular formula is C13H13N9OS. The molecule has 0 saturated heterocycles. The fraction of sp³-hybridized carbons (Fsp3) is 0.231. The van der Waals surface area contributed by atoms with E-state index in [2.05, 4.69) is 29.9 Å². The van der Waals surface area contributed by atoms with Crippen LogP contribution in [0.2, 0.25) is 0 Å². The second-order valence-electron chi connectivity index (χ2n) is 5.16. The van der Waals surface area contributed by atoms with E-state index >= 15 is 0 Å². The zero-order valence-electron chi connectivity index (χ0n) is 12.9. The fourth-order valence-corrected chi connectivity index (χ4v) is 3.07. The van der Waals surface area contributed by atoms with Crippen molar-refractivity contribution in [1.82, 2.24) is 38.4 Å². The van der Waals surface area contributed by atoms with Crippen LogP contribution in [0, 0.1) is 0 Å². The molecular weight excluding hydrogens is 330 g/mol. The van der Waals surface area contributed by atoms with E-state index in [9.17, 15) is 4.79 Å². The lowest BCUT2D eigenvalue weighted by Crippen LogP contribution is -2.23. The quantitative estimate of drug-likeness (QED) is 0.530. The van der Waals surface area contributed by atoms with Crippen LogP contribution >= 0.6 is 11.9 Å². The van der Waals surface area contributed by atoms with Crippen LogP contribution in [0.3, 0.4) is 0 Å². The van der Waals surface area contributed by atoms with Gasteiger partial charge in [0.2, 0.25) is 0 Å². The molecule has 0 aromatic carbocycles. The van der Waals surface area contributed by atoms with Crippen molar-refractivity contribution in [3.63, 3.8) is 0 Å². The van der Waals surface area contributed by atoms with E-state index in [1.165, 1.54) is 34.9 Å². The van der Waals surface area contributed by atoms with Crippen molar-refractivity contribution in [2.75, 3.05) is 17.8 Å². The summed E-state index contributed by atoms with van der Waals surface area (Å²) in [6.07, 6.45) is 6.13. The molecule has 0 aliphatic carbocycles. The van der Waals surface area contributed by atoms with E-state index in [4.69, 9.17) is 0 Å². The molecule has 1 N–H and O–H groups in total. The second kappa shape index (κ2) is 5.60. The predicted octanol–water partition coefficient (Wildman–Crippen LogP) is 0.386. The molecule has 0 aliphatic heterocycles. The topological polar surface area (TPSA) is 110 Å². The van der Waals surface area contributed by atoms with E-state index in [-0.39, 0.29) is 5.56 Å². The van der Waals surface area contributed by atoms with Crippen LogP contribution in [-0.2, 0) is 7.05 Å². The minimum atomic E-state index is -0.179. The molecule has 0 fully saturated rings. The van der Waals surface area contributed by atoms with Crippen molar-refractivity contribution in [3.05, 3.63) is 35.7 Å². The summed E-state index contributed by atoms with van der Waals surface area (Å²) >= 11 is 1.31. The second-order valence-corrected chi connectivity index (χ2v) is 6.07. The molecule has 4 heterocycles. The number of fused-ring (bicyclic) bond motifs is 2. The summed E-state index contributed by atoms with van der Waals surface area (Å²) in [7, 11) is 3.77. The summed E-state index contributed by atoms with van der Waals surface area (Å²) in [5, 5.41) is 0. The lowest BCUT2D eigenvalue weighted by molar-refractivity contribution is 0.926. The Bertz CT molecular complexity index is 1080. The molecule has 4 rings (SSSR count). The van der Waals surface area contributed by atoms with Crippen LogP contribution in [0.5, 0.6) is 0 Å². The van der Waals surface area contributed by atoms with E-state index < -0.39 is 0 Å². The van der Waals surface area contributed by atoms with Crippen LogP contribution in [0.15, 0.2) is 30.1 Å². The number of nitrogens with zero attached hydrogens (tertiary/aromatic N) is 8. The zero-order valence-corrected chi connectivity index (χ0v) is 13.7. The highest BCUT2D eigenvalue weighted by Gasteiger charge is 2.13. The molecule has 11 heteroatoms. The average molecular weight is 343 g/mol. The van der Waals surface area contributed by atoms with Crippen LogP contribution in [0.1, 0.15) is 0 Å². The molecule has 4 aromatic rings. The highest BCUT2D eigenvalue weighted by Crippen LogP contribution is 2.21. The van der Waals surface area contributed by atoms with E-state index in [0.717, 1.165) is 11.2 Å². The molecule has 24 heavy (non-hydrogen) atoms. The number of aromatic nitrogens is 8. The lowest BCUT2D eigenvalue weighted by atomic mass is 10.4. The van der Waals surface area contributed by atoms with Crippen LogP contribution in [-0.4, -0.2) is 51.4 Å². The molecule has 122 valence electrons. The van der Waals surface area contributed by atoms with Gasteiger partial charge in [0.05, 0.1) is 18.5 Å². The maximum atomic E-state index is 12.3. The Morgan fingerprint density at radius 3 is 2.96 bits per heavy atom. The Hall–Kier alpha value is -2.95.